The summed E-state index contributed by atoms with van der Waals surface area (Å²) in [6, 6.07) is 16.0. The van der Waals surface area contributed by atoms with Gasteiger partial charge in [0, 0.05) is 6.92 Å². The van der Waals surface area contributed by atoms with Crippen LogP contribution in [0.5, 0.6) is 0 Å². The second-order valence-electron chi connectivity index (χ2n) is 4.15. The maximum absolute atomic E-state index is 12.0. The van der Waals surface area contributed by atoms with Crippen LogP contribution < -0.4 is 0 Å². The average Bonchev–Trinajstić information content (AvgIpc) is 2.48. The lowest BCUT2D eigenvalue weighted by molar-refractivity contribution is 0.0716. The molecule has 0 fully saturated rings. The number of sulfonamides is 1. The molecule has 2 aromatic carbocycles. The van der Waals surface area contributed by atoms with Crippen molar-refractivity contribution < 1.29 is 17.9 Å². The molecule has 0 aliphatic heterocycles. The van der Waals surface area contributed by atoms with Gasteiger partial charge >= 0.3 is 5.97 Å². The Morgan fingerprint density at radius 3 is 2.05 bits per heavy atom. The second-order valence-corrected chi connectivity index (χ2v) is 5.76. The molecule has 108 valence electrons. The van der Waals surface area contributed by atoms with Crippen molar-refractivity contribution in [2.24, 2.45) is 4.40 Å². The largest absolute Gasteiger partial charge is 0.407 e. The van der Waals surface area contributed by atoms with E-state index < -0.39 is 16.0 Å². The fourth-order valence-corrected chi connectivity index (χ4v) is 2.58. The van der Waals surface area contributed by atoms with Gasteiger partial charge in [0.15, 0.2) is 0 Å². The molecule has 6 heteroatoms. The molecule has 0 heterocycles. The van der Waals surface area contributed by atoms with E-state index in [1.54, 1.807) is 48.5 Å². The van der Waals surface area contributed by atoms with E-state index in [0.29, 0.717) is 5.56 Å². The molecule has 0 aliphatic carbocycles. The first kappa shape index (κ1) is 14.9. The smallest absolute Gasteiger partial charge is 0.344 e. The molecule has 0 spiro atoms. The number of carbonyl (C=O) groups excluding carboxylic acids is 1. The summed E-state index contributed by atoms with van der Waals surface area (Å²) in [5.74, 6) is -0.882. The van der Waals surface area contributed by atoms with Gasteiger partial charge in [-0.3, -0.25) is 0 Å². The van der Waals surface area contributed by atoms with Crippen molar-refractivity contribution in [2.75, 3.05) is 0 Å². The molecule has 0 radical (unpaired) electrons. The van der Waals surface area contributed by atoms with Crippen molar-refractivity contribution in [2.45, 2.75) is 11.8 Å². The van der Waals surface area contributed by atoms with Gasteiger partial charge < -0.3 is 4.74 Å². The van der Waals surface area contributed by atoms with Crippen molar-refractivity contribution in [1.82, 2.24) is 0 Å². The molecule has 0 unspecified atom stereocenters. The third-order valence-corrected chi connectivity index (χ3v) is 3.91. The van der Waals surface area contributed by atoms with E-state index in [9.17, 15) is 13.2 Å². The number of hydrogen-bond acceptors (Lipinski definition) is 4. The standard InChI is InChI=1S/C15H13NO4S/c1-12(20-15(17)13-8-4-2-5-9-13)16-21(18,19)14-10-6-3-7-11-14/h2-11H,1H3. The van der Waals surface area contributed by atoms with Gasteiger partial charge in [0.25, 0.3) is 10.0 Å². The highest BCUT2D eigenvalue weighted by Crippen LogP contribution is 2.12. The molecule has 0 aliphatic rings. The minimum absolute atomic E-state index is 0.0418. The predicted octanol–water partition coefficient (Wildman–Crippen LogP) is 2.65. The van der Waals surface area contributed by atoms with E-state index in [2.05, 4.69) is 4.40 Å². The molecular formula is C15H13NO4S. The van der Waals surface area contributed by atoms with Crippen molar-refractivity contribution in [3.05, 3.63) is 66.2 Å². The Balaban J connectivity index is 2.17. The van der Waals surface area contributed by atoms with Crippen molar-refractivity contribution in [1.29, 1.82) is 0 Å². The van der Waals surface area contributed by atoms with Crippen LogP contribution in [0.1, 0.15) is 17.3 Å². The topological polar surface area (TPSA) is 72.8 Å². The Morgan fingerprint density at radius 1 is 0.952 bits per heavy atom. The van der Waals surface area contributed by atoms with E-state index in [-0.39, 0.29) is 10.8 Å². The maximum Gasteiger partial charge on any atom is 0.344 e. The monoisotopic (exact) mass is 303 g/mol. The molecule has 21 heavy (non-hydrogen) atoms. The van der Waals surface area contributed by atoms with Gasteiger partial charge in [-0.2, -0.15) is 8.42 Å². The van der Waals surface area contributed by atoms with E-state index >= 15 is 0 Å². The number of benzene rings is 2. The molecule has 2 rings (SSSR count). The van der Waals surface area contributed by atoms with Gasteiger partial charge in [0.05, 0.1) is 10.5 Å². The quantitative estimate of drug-likeness (QED) is 0.496. The highest BCUT2D eigenvalue weighted by Gasteiger charge is 2.15. The molecule has 0 saturated heterocycles. The van der Waals surface area contributed by atoms with Gasteiger partial charge in [-0.05, 0) is 24.3 Å². The van der Waals surface area contributed by atoms with Gasteiger partial charge in [-0.15, -0.1) is 4.40 Å². The summed E-state index contributed by atoms with van der Waals surface area (Å²) >= 11 is 0. The first-order valence-electron chi connectivity index (χ1n) is 6.13. The number of esters is 1. The zero-order valence-corrected chi connectivity index (χ0v) is 12.1. The molecule has 5 nitrogen and oxygen atoms in total. The van der Waals surface area contributed by atoms with Gasteiger partial charge in [-0.25, -0.2) is 4.79 Å². The second kappa shape index (κ2) is 6.32. The van der Waals surface area contributed by atoms with Crippen LogP contribution in [0, 0.1) is 0 Å². The Hall–Kier alpha value is -2.47. The molecule has 0 aromatic heterocycles. The number of ether oxygens (including phenoxy) is 1. The fraction of sp³-hybridized carbons (Fsp3) is 0.0667. The van der Waals surface area contributed by atoms with Crippen LogP contribution in [0.3, 0.4) is 0 Å². The van der Waals surface area contributed by atoms with E-state index in [1.165, 1.54) is 19.1 Å². The normalized spacial score (nSPS) is 12.0. The van der Waals surface area contributed by atoms with E-state index in [0.717, 1.165) is 0 Å². The summed E-state index contributed by atoms with van der Waals surface area (Å²) in [7, 11) is -3.88. The Kier molecular flexibility index (Phi) is 4.49. The first-order valence-corrected chi connectivity index (χ1v) is 7.57. The van der Waals surface area contributed by atoms with E-state index in [4.69, 9.17) is 4.74 Å². The molecule has 0 N–H and O–H groups in total. The van der Waals surface area contributed by atoms with Gasteiger partial charge in [0.1, 0.15) is 0 Å². The fourth-order valence-electron chi connectivity index (χ4n) is 1.60. The summed E-state index contributed by atoms with van der Waals surface area (Å²) < 4.78 is 32.4. The van der Waals surface area contributed by atoms with Crippen molar-refractivity contribution in [3.63, 3.8) is 0 Å². The number of rotatable bonds is 3. The summed E-state index contributed by atoms with van der Waals surface area (Å²) in [6.07, 6.45) is 0. The highest BCUT2D eigenvalue weighted by molar-refractivity contribution is 7.90. The van der Waals surface area contributed by atoms with Crippen LogP contribution in [-0.4, -0.2) is 20.3 Å². The summed E-state index contributed by atoms with van der Waals surface area (Å²) in [5, 5.41) is 0. The minimum atomic E-state index is -3.88. The molecular weight excluding hydrogens is 290 g/mol. The van der Waals surface area contributed by atoms with E-state index in [1.807, 2.05) is 0 Å². The maximum atomic E-state index is 12.0. The van der Waals surface area contributed by atoms with Crippen LogP contribution in [-0.2, 0) is 14.8 Å². The Labute approximate surface area is 123 Å². The Bertz CT molecular complexity index is 753. The number of nitrogens with zero attached hydrogens (tertiary/aromatic N) is 1. The van der Waals surface area contributed by atoms with Crippen LogP contribution in [0.25, 0.3) is 0 Å². The zero-order valence-electron chi connectivity index (χ0n) is 11.3. The first-order chi connectivity index (χ1) is 9.99. The van der Waals surface area contributed by atoms with Crippen LogP contribution >= 0.6 is 0 Å². The van der Waals surface area contributed by atoms with Crippen LogP contribution in [0.15, 0.2) is 70.0 Å². The number of carbonyl (C=O) groups is 1. The summed E-state index contributed by atoms with van der Waals surface area (Å²) in [5.41, 5.74) is 0.323. The molecule has 0 saturated carbocycles. The minimum Gasteiger partial charge on any atom is -0.407 e. The van der Waals surface area contributed by atoms with Crippen LogP contribution in [0.2, 0.25) is 0 Å². The average molecular weight is 303 g/mol. The van der Waals surface area contributed by atoms with Gasteiger partial charge in [-0.1, -0.05) is 36.4 Å². The lowest BCUT2D eigenvalue weighted by Gasteiger charge is -2.04. The zero-order chi connectivity index (χ0) is 15.3. The van der Waals surface area contributed by atoms with Crippen molar-refractivity contribution in [3.8, 4) is 0 Å². The predicted molar refractivity (Wildman–Crippen MR) is 78.6 cm³/mol. The van der Waals surface area contributed by atoms with Crippen molar-refractivity contribution >= 4 is 21.9 Å². The Morgan fingerprint density at radius 2 is 1.48 bits per heavy atom. The lowest BCUT2D eigenvalue weighted by atomic mass is 10.2. The summed E-state index contributed by atoms with van der Waals surface area (Å²) in [6.45, 7) is 1.32. The molecule has 0 amide bonds. The van der Waals surface area contributed by atoms with Gasteiger partial charge in [0.2, 0.25) is 5.90 Å². The SMILES string of the molecule is CC(=NS(=O)(=O)c1ccccc1)OC(=O)c1ccccc1. The highest BCUT2D eigenvalue weighted by atomic mass is 32.2. The molecule has 0 atom stereocenters. The third-order valence-electron chi connectivity index (χ3n) is 2.54. The lowest BCUT2D eigenvalue weighted by Crippen LogP contribution is -2.12. The van der Waals surface area contributed by atoms with Crippen LogP contribution in [0.4, 0.5) is 0 Å². The third kappa shape index (κ3) is 4.00. The summed E-state index contributed by atoms with van der Waals surface area (Å²) in [4.78, 5) is 11.8. The molecule has 0 bridgehead atoms. The molecule has 2 aromatic rings. The number of hydrogen-bond donors (Lipinski definition) is 0.